The summed E-state index contributed by atoms with van der Waals surface area (Å²) in [5, 5.41) is 3.97. The fourth-order valence-corrected chi connectivity index (χ4v) is 5.12. The van der Waals surface area contributed by atoms with E-state index in [0.717, 1.165) is 24.8 Å². The maximum Gasteiger partial charge on any atom is 0.243 e. The first-order valence-electron chi connectivity index (χ1n) is 9.64. The molecule has 0 bridgehead atoms. The summed E-state index contributed by atoms with van der Waals surface area (Å²) in [6.45, 7) is 2.87. The Morgan fingerprint density at radius 1 is 1.25 bits per heavy atom. The number of benzene rings is 1. The second kappa shape index (κ2) is 7.88. The molecule has 7 nitrogen and oxygen atoms in total. The molecule has 4 rings (SSSR count). The Labute approximate surface area is 163 Å². The van der Waals surface area contributed by atoms with E-state index < -0.39 is 15.8 Å². The fourth-order valence-electron chi connectivity index (χ4n) is 3.41. The number of halogens is 1. The van der Waals surface area contributed by atoms with E-state index in [1.165, 1.54) is 16.4 Å². The minimum Gasteiger partial charge on any atom is -0.378 e. The van der Waals surface area contributed by atoms with Crippen molar-refractivity contribution in [2.24, 2.45) is 0 Å². The molecule has 0 unspecified atom stereocenters. The standard InChI is InChI=1S/C19H24FN3O4S/c1-13-2-5-15(20)12-17(13)28(24,25)23-9-6-16(7-10-23)26-11-8-18-21-19(27-22-18)14-3-4-14/h2,5,12,14,16H,3-4,6-11H2,1H3. The molecule has 0 radical (unpaired) electrons. The minimum absolute atomic E-state index is 0.00476. The summed E-state index contributed by atoms with van der Waals surface area (Å²) in [4.78, 5) is 4.41. The molecule has 1 aromatic heterocycles. The van der Waals surface area contributed by atoms with Gasteiger partial charge >= 0.3 is 0 Å². The van der Waals surface area contributed by atoms with Gasteiger partial charge in [0.25, 0.3) is 0 Å². The number of hydrogen-bond acceptors (Lipinski definition) is 6. The average Bonchev–Trinajstić information content (AvgIpc) is 3.43. The number of rotatable bonds is 7. The monoisotopic (exact) mass is 409 g/mol. The number of hydrogen-bond donors (Lipinski definition) is 0. The summed E-state index contributed by atoms with van der Waals surface area (Å²) < 4.78 is 51.7. The highest BCUT2D eigenvalue weighted by Gasteiger charge is 2.31. The lowest BCUT2D eigenvalue weighted by molar-refractivity contribution is 0.0222. The zero-order valence-electron chi connectivity index (χ0n) is 15.8. The maximum absolute atomic E-state index is 13.5. The minimum atomic E-state index is -3.70. The molecule has 2 heterocycles. The highest BCUT2D eigenvalue weighted by Crippen LogP contribution is 2.38. The molecule has 2 fully saturated rings. The van der Waals surface area contributed by atoms with E-state index in [1.54, 1.807) is 6.92 Å². The van der Waals surface area contributed by atoms with Crippen molar-refractivity contribution in [2.75, 3.05) is 19.7 Å². The summed E-state index contributed by atoms with van der Waals surface area (Å²) in [5.74, 6) is 1.27. The number of nitrogens with zero attached hydrogens (tertiary/aromatic N) is 3. The average molecular weight is 409 g/mol. The molecule has 2 aliphatic rings. The van der Waals surface area contributed by atoms with E-state index in [1.807, 2.05) is 0 Å². The van der Waals surface area contributed by atoms with E-state index in [9.17, 15) is 12.8 Å². The predicted molar refractivity (Wildman–Crippen MR) is 98.8 cm³/mol. The van der Waals surface area contributed by atoms with Gasteiger partial charge in [-0.1, -0.05) is 11.2 Å². The van der Waals surface area contributed by atoms with E-state index in [2.05, 4.69) is 10.1 Å². The summed E-state index contributed by atoms with van der Waals surface area (Å²) in [5.41, 5.74) is 0.547. The van der Waals surface area contributed by atoms with Crippen LogP contribution in [0.1, 0.15) is 48.9 Å². The van der Waals surface area contributed by atoms with Crippen LogP contribution < -0.4 is 0 Å². The van der Waals surface area contributed by atoms with E-state index in [4.69, 9.17) is 9.26 Å². The van der Waals surface area contributed by atoms with Gasteiger partial charge < -0.3 is 9.26 Å². The second-order valence-corrected chi connectivity index (χ2v) is 9.36. The van der Waals surface area contributed by atoms with Gasteiger partial charge in [0.15, 0.2) is 5.82 Å². The third-order valence-electron chi connectivity index (χ3n) is 5.26. The van der Waals surface area contributed by atoms with Crippen LogP contribution in [0.25, 0.3) is 0 Å². The molecule has 152 valence electrons. The summed E-state index contributed by atoms with van der Waals surface area (Å²) in [6, 6.07) is 3.85. The molecular formula is C19H24FN3O4S. The van der Waals surface area contributed by atoms with E-state index in [0.29, 0.717) is 56.3 Å². The molecule has 0 amide bonds. The van der Waals surface area contributed by atoms with E-state index in [-0.39, 0.29) is 11.0 Å². The third kappa shape index (κ3) is 4.26. The molecule has 2 aromatic rings. The van der Waals surface area contributed by atoms with Crippen LogP contribution in [0.4, 0.5) is 4.39 Å². The van der Waals surface area contributed by atoms with Crippen molar-refractivity contribution in [3.8, 4) is 0 Å². The van der Waals surface area contributed by atoms with Crippen LogP contribution in [0.5, 0.6) is 0 Å². The van der Waals surface area contributed by atoms with E-state index >= 15 is 0 Å². The first kappa shape index (κ1) is 19.5. The molecule has 1 aromatic carbocycles. The van der Waals surface area contributed by atoms with Crippen molar-refractivity contribution < 1.29 is 22.1 Å². The molecule has 28 heavy (non-hydrogen) atoms. The lowest BCUT2D eigenvalue weighted by atomic mass is 10.1. The Morgan fingerprint density at radius 2 is 2.00 bits per heavy atom. The zero-order chi connectivity index (χ0) is 19.7. The molecule has 1 saturated carbocycles. The van der Waals surface area contributed by atoms with Gasteiger partial charge in [0.2, 0.25) is 15.9 Å². The smallest absolute Gasteiger partial charge is 0.243 e. The van der Waals surface area contributed by atoms with Gasteiger partial charge in [-0.2, -0.15) is 9.29 Å². The van der Waals surface area contributed by atoms with Crippen LogP contribution in [-0.2, 0) is 21.2 Å². The first-order chi connectivity index (χ1) is 13.4. The molecule has 0 N–H and O–H groups in total. The number of aromatic nitrogens is 2. The van der Waals surface area contributed by atoms with Gasteiger partial charge in [-0.3, -0.25) is 0 Å². The molecule has 9 heteroatoms. The molecule has 0 atom stereocenters. The van der Waals surface area contributed by atoms with Gasteiger partial charge in [0.1, 0.15) is 5.82 Å². The Hall–Kier alpha value is -1.84. The van der Waals surface area contributed by atoms with Gasteiger partial charge in [-0.15, -0.1) is 0 Å². The topological polar surface area (TPSA) is 85.5 Å². The van der Waals surface area contributed by atoms with Crippen molar-refractivity contribution in [1.82, 2.24) is 14.4 Å². The number of aryl methyl sites for hydroxylation is 1. The Balaban J connectivity index is 1.27. The molecule has 0 spiro atoms. The number of ether oxygens (including phenoxy) is 1. The largest absolute Gasteiger partial charge is 0.378 e. The predicted octanol–water partition coefficient (Wildman–Crippen LogP) is 2.81. The number of sulfonamides is 1. The number of piperidine rings is 1. The van der Waals surface area contributed by atoms with Crippen molar-refractivity contribution >= 4 is 10.0 Å². The van der Waals surface area contributed by atoms with Gasteiger partial charge in [0.05, 0.1) is 17.6 Å². The van der Waals surface area contributed by atoms with Crippen LogP contribution in [-0.4, -0.2) is 48.7 Å². The van der Waals surface area contributed by atoms with Gasteiger partial charge in [-0.25, -0.2) is 12.8 Å². The van der Waals surface area contributed by atoms with Crippen LogP contribution in [0.3, 0.4) is 0 Å². The zero-order valence-corrected chi connectivity index (χ0v) is 16.6. The lowest BCUT2D eigenvalue weighted by Gasteiger charge is -2.31. The van der Waals surface area contributed by atoms with Crippen molar-refractivity contribution in [3.05, 3.63) is 41.3 Å². The van der Waals surface area contributed by atoms with Crippen molar-refractivity contribution in [2.45, 2.75) is 55.9 Å². The summed E-state index contributed by atoms with van der Waals surface area (Å²) >= 11 is 0. The van der Waals surface area contributed by atoms with Crippen LogP contribution in [0.2, 0.25) is 0 Å². The maximum atomic E-state index is 13.5. The van der Waals surface area contributed by atoms with Gasteiger partial charge in [-0.05, 0) is 50.3 Å². The third-order valence-corrected chi connectivity index (χ3v) is 7.30. The quantitative estimate of drug-likeness (QED) is 0.699. The Morgan fingerprint density at radius 3 is 2.71 bits per heavy atom. The Kier molecular flexibility index (Phi) is 5.48. The second-order valence-electron chi connectivity index (χ2n) is 7.46. The summed E-state index contributed by atoms with van der Waals surface area (Å²) in [7, 11) is -3.70. The molecule has 1 aliphatic heterocycles. The van der Waals surface area contributed by atoms with Crippen molar-refractivity contribution in [1.29, 1.82) is 0 Å². The fraction of sp³-hybridized carbons (Fsp3) is 0.579. The van der Waals surface area contributed by atoms with Crippen LogP contribution in [0, 0.1) is 12.7 Å². The highest BCUT2D eigenvalue weighted by atomic mass is 32.2. The normalized spacial score (nSPS) is 19.2. The van der Waals surface area contributed by atoms with Crippen LogP contribution >= 0.6 is 0 Å². The first-order valence-corrected chi connectivity index (χ1v) is 11.1. The SMILES string of the molecule is Cc1ccc(F)cc1S(=O)(=O)N1CCC(OCCc2noc(C3CC3)n2)CC1. The molecule has 1 aliphatic carbocycles. The molecule has 1 saturated heterocycles. The van der Waals surface area contributed by atoms with Gasteiger partial charge in [0, 0.05) is 25.4 Å². The highest BCUT2D eigenvalue weighted by molar-refractivity contribution is 7.89. The van der Waals surface area contributed by atoms with Crippen LogP contribution in [0.15, 0.2) is 27.6 Å². The Bertz CT molecular complexity index is 934. The van der Waals surface area contributed by atoms with Crippen molar-refractivity contribution in [3.63, 3.8) is 0 Å². The molecular weight excluding hydrogens is 385 g/mol. The summed E-state index contributed by atoms with van der Waals surface area (Å²) in [6.07, 6.45) is 4.02. The lowest BCUT2D eigenvalue weighted by Crippen LogP contribution is -2.41.